The summed E-state index contributed by atoms with van der Waals surface area (Å²) in [5.74, 6) is 0. The summed E-state index contributed by atoms with van der Waals surface area (Å²) in [6.45, 7) is 2.06. The molecule has 0 unspecified atom stereocenters. The fraction of sp³-hybridized carbons (Fsp3) is 0.727. The molecule has 0 aliphatic carbocycles. The molecular weight excluding hydrogens is 162 g/mol. The summed E-state index contributed by atoms with van der Waals surface area (Å²) in [6.07, 6.45) is 14.3. The molecule has 0 aromatic rings. The predicted molar refractivity (Wildman–Crippen MR) is 57.4 cm³/mol. The Balaban J connectivity index is 2.91. The van der Waals surface area contributed by atoms with E-state index in [0.29, 0.717) is 0 Å². The third-order valence-electron chi connectivity index (χ3n) is 2.02. The van der Waals surface area contributed by atoms with Gasteiger partial charge in [0.1, 0.15) is 0 Å². The van der Waals surface area contributed by atoms with E-state index < -0.39 is 0 Å². The van der Waals surface area contributed by atoms with Crippen molar-refractivity contribution in [2.45, 2.75) is 51.9 Å². The molecule has 0 aliphatic heterocycles. The Morgan fingerprint density at radius 1 is 1.00 bits per heavy atom. The van der Waals surface area contributed by atoms with Crippen LogP contribution in [0.5, 0.6) is 0 Å². The highest BCUT2D eigenvalue weighted by molar-refractivity contribution is 5.55. The third kappa shape index (κ3) is 11.2. The third-order valence-corrected chi connectivity index (χ3v) is 2.02. The summed E-state index contributed by atoms with van der Waals surface area (Å²) in [6, 6.07) is 0. The Hall–Kier alpha value is -0.790. The molecular formula is C11H21NO. The Morgan fingerprint density at radius 3 is 2.23 bits per heavy atom. The van der Waals surface area contributed by atoms with Crippen molar-refractivity contribution in [3.05, 3.63) is 12.2 Å². The fourth-order valence-electron chi connectivity index (χ4n) is 1.25. The van der Waals surface area contributed by atoms with Gasteiger partial charge in [0.15, 0.2) is 0 Å². The van der Waals surface area contributed by atoms with Gasteiger partial charge < -0.3 is 5.21 Å². The Labute approximate surface area is 81.3 Å². The lowest BCUT2D eigenvalue weighted by Crippen LogP contribution is -1.80. The monoisotopic (exact) mass is 183 g/mol. The van der Waals surface area contributed by atoms with Crippen molar-refractivity contribution in [1.82, 2.24) is 0 Å². The van der Waals surface area contributed by atoms with Crippen LogP contribution in [0.1, 0.15) is 51.9 Å². The number of unbranched alkanes of at least 4 members (excludes halogenated alkanes) is 6. The number of nitrogens with zero attached hydrogens (tertiary/aromatic N) is 1. The number of oxime groups is 1. The van der Waals surface area contributed by atoms with E-state index >= 15 is 0 Å². The van der Waals surface area contributed by atoms with Crippen molar-refractivity contribution in [3.8, 4) is 0 Å². The fourth-order valence-corrected chi connectivity index (χ4v) is 1.25. The highest BCUT2D eigenvalue weighted by Crippen LogP contribution is 2.06. The van der Waals surface area contributed by atoms with E-state index in [2.05, 4.69) is 24.2 Å². The minimum absolute atomic E-state index is 0.908. The van der Waals surface area contributed by atoms with E-state index in [1.807, 2.05) is 0 Å². The predicted octanol–water partition coefficient (Wildman–Crippen LogP) is 3.75. The summed E-state index contributed by atoms with van der Waals surface area (Å²) in [7, 11) is 0. The van der Waals surface area contributed by atoms with Crippen molar-refractivity contribution < 1.29 is 5.21 Å². The summed E-state index contributed by atoms with van der Waals surface area (Å²) in [5.41, 5.74) is 0. The summed E-state index contributed by atoms with van der Waals surface area (Å²) < 4.78 is 0. The van der Waals surface area contributed by atoms with Crippen molar-refractivity contribution in [2.75, 3.05) is 0 Å². The molecule has 13 heavy (non-hydrogen) atoms. The lowest BCUT2D eigenvalue weighted by molar-refractivity contribution is 0.320. The summed E-state index contributed by atoms with van der Waals surface area (Å²) in [5, 5.41) is 11.1. The lowest BCUT2D eigenvalue weighted by atomic mass is 10.1. The molecule has 0 aromatic carbocycles. The van der Waals surface area contributed by atoms with Gasteiger partial charge in [-0.05, 0) is 32.6 Å². The molecule has 0 atom stereocenters. The van der Waals surface area contributed by atoms with Crippen LogP contribution in [0.15, 0.2) is 17.3 Å². The SMILES string of the molecule is C/C=C/CCCCCCC/C=N\O. The smallest absolute Gasteiger partial charge is 0.0435 e. The van der Waals surface area contributed by atoms with Gasteiger partial charge in [-0.2, -0.15) is 0 Å². The molecule has 0 rings (SSSR count). The minimum Gasteiger partial charge on any atom is -0.411 e. The second kappa shape index (κ2) is 11.2. The zero-order chi connectivity index (χ0) is 9.78. The maximum Gasteiger partial charge on any atom is 0.0435 e. The normalized spacial score (nSPS) is 11.8. The van der Waals surface area contributed by atoms with Gasteiger partial charge in [0.2, 0.25) is 0 Å². The van der Waals surface area contributed by atoms with Crippen LogP contribution in [0, 0.1) is 0 Å². The van der Waals surface area contributed by atoms with E-state index in [0.717, 1.165) is 12.8 Å². The average molecular weight is 183 g/mol. The average Bonchev–Trinajstić information content (AvgIpc) is 2.16. The summed E-state index contributed by atoms with van der Waals surface area (Å²) in [4.78, 5) is 0. The Bertz CT molecular complexity index is 125. The van der Waals surface area contributed by atoms with E-state index in [4.69, 9.17) is 5.21 Å². The van der Waals surface area contributed by atoms with Gasteiger partial charge in [0.25, 0.3) is 0 Å². The zero-order valence-electron chi connectivity index (χ0n) is 8.58. The molecule has 76 valence electrons. The van der Waals surface area contributed by atoms with Crippen LogP contribution in [0.3, 0.4) is 0 Å². The van der Waals surface area contributed by atoms with Crippen LogP contribution in [-0.2, 0) is 0 Å². The first-order chi connectivity index (χ1) is 6.41. The Morgan fingerprint density at radius 2 is 1.62 bits per heavy atom. The maximum atomic E-state index is 8.13. The zero-order valence-corrected chi connectivity index (χ0v) is 8.58. The summed E-state index contributed by atoms with van der Waals surface area (Å²) >= 11 is 0. The van der Waals surface area contributed by atoms with Crippen LogP contribution in [0.2, 0.25) is 0 Å². The van der Waals surface area contributed by atoms with Gasteiger partial charge >= 0.3 is 0 Å². The minimum atomic E-state index is 0.908. The first-order valence-corrected chi connectivity index (χ1v) is 5.19. The highest BCUT2D eigenvalue weighted by atomic mass is 16.4. The first-order valence-electron chi connectivity index (χ1n) is 5.19. The van der Waals surface area contributed by atoms with Crippen molar-refractivity contribution in [3.63, 3.8) is 0 Å². The molecule has 0 radical (unpaired) electrons. The molecule has 2 nitrogen and oxygen atoms in total. The molecule has 1 N–H and O–H groups in total. The topological polar surface area (TPSA) is 32.6 Å². The quantitative estimate of drug-likeness (QED) is 0.201. The van der Waals surface area contributed by atoms with Gasteiger partial charge in [-0.25, -0.2) is 0 Å². The van der Waals surface area contributed by atoms with Crippen LogP contribution in [0.25, 0.3) is 0 Å². The molecule has 0 fully saturated rings. The second-order valence-corrected chi connectivity index (χ2v) is 3.21. The van der Waals surface area contributed by atoms with Crippen molar-refractivity contribution >= 4 is 6.21 Å². The van der Waals surface area contributed by atoms with Crippen LogP contribution in [-0.4, -0.2) is 11.4 Å². The molecule has 0 aliphatic rings. The number of rotatable bonds is 8. The Kier molecular flexibility index (Phi) is 10.5. The van der Waals surface area contributed by atoms with Gasteiger partial charge in [-0.3, -0.25) is 0 Å². The molecule has 2 heteroatoms. The highest BCUT2D eigenvalue weighted by Gasteiger charge is 1.88. The number of hydrogen-bond donors (Lipinski definition) is 1. The van der Waals surface area contributed by atoms with Gasteiger partial charge in [-0.15, -0.1) is 5.16 Å². The van der Waals surface area contributed by atoms with E-state index in [-0.39, 0.29) is 0 Å². The molecule has 0 saturated heterocycles. The number of allylic oxidation sites excluding steroid dienone is 2. The van der Waals surface area contributed by atoms with Gasteiger partial charge in [0, 0.05) is 6.21 Å². The second-order valence-electron chi connectivity index (χ2n) is 3.21. The van der Waals surface area contributed by atoms with E-state index in [9.17, 15) is 0 Å². The number of hydrogen-bond acceptors (Lipinski definition) is 2. The van der Waals surface area contributed by atoms with Gasteiger partial charge in [-0.1, -0.05) is 31.4 Å². The van der Waals surface area contributed by atoms with Crippen LogP contribution in [0.4, 0.5) is 0 Å². The standard InChI is InChI=1S/C11H21NO/c1-2-3-4-5-6-7-8-9-10-11-12-13/h2-3,11,13H,4-10H2,1H3/b3-2+,12-11-. The lowest BCUT2D eigenvalue weighted by Gasteiger charge is -1.97. The molecule has 0 amide bonds. The molecule has 0 saturated carbocycles. The van der Waals surface area contributed by atoms with Crippen molar-refractivity contribution in [1.29, 1.82) is 0 Å². The first kappa shape index (κ1) is 12.2. The molecule has 0 spiro atoms. The largest absolute Gasteiger partial charge is 0.411 e. The van der Waals surface area contributed by atoms with Crippen LogP contribution >= 0.6 is 0 Å². The molecule has 0 heterocycles. The van der Waals surface area contributed by atoms with E-state index in [1.165, 1.54) is 32.1 Å². The van der Waals surface area contributed by atoms with E-state index in [1.54, 1.807) is 6.21 Å². The molecule has 0 aromatic heterocycles. The van der Waals surface area contributed by atoms with Gasteiger partial charge in [0.05, 0.1) is 0 Å². The van der Waals surface area contributed by atoms with Crippen LogP contribution < -0.4 is 0 Å². The van der Waals surface area contributed by atoms with Crippen molar-refractivity contribution in [2.24, 2.45) is 5.16 Å². The molecule has 0 bridgehead atoms. The maximum absolute atomic E-state index is 8.13.